The maximum atomic E-state index is 13.2. The lowest BCUT2D eigenvalue weighted by Crippen LogP contribution is -2.37. The molecule has 0 fully saturated rings. The summed E-state index contributed by atoms with van der Waals surface area (Å²) < 4.78 is 35.2. The van der Waals surface area contributed by atoms with Gasteiger partial charge in [-0.25, -0.2) is 8.42 Å². The van der Waals surface area contributed by atoms with Crippen molar-refractivity contribution in [2.45, 2.75) is 19.5 Å². The third-order valence-corrected chi connectivity index (χ3v) is 5.82. The molecule has 9 heteroatoms. The lowest BCUT2D eigenvalue weighted by molar-refractivity contribution is 0.0597. The lowest BCUT2D eigenvalue weighted by atomic mass is 10.0. The molecule has 3 rings (SSSR count). The van der Waals surface area contributed by atoms with E-state index in [4.69, 9.17) is 15.2 Å². The molecule has 160 valence electrons. The molecule has 8 nitrogen and oxygen atoms in total. The summed E-state index contributed by atoms with van der Waals surface area (Å²) in [6, 6.07) is 8.71. The minimum Gasteiger partial charge on any atom is -0.493 e. The van der Waals surface area contributed by atoms with Crippen molar-refractivity contribution in [1.29, 1.82) is 0 Å². The number of rotatable bonds is 8. The molecule has 1 heterocycles. The minimum atomic E-state index is -3.54. The van der Waals surface area contributed by atoms with E-state index < -0.39 is 33.4 Å². The number of amides is 2. The number of nitrogens with two attached hydrogens (primary N) is 1. The second-order valence-corrected chi connectivity index (χ2v) is 9.16. The first-order valence-corrected chi connectivity index (χ1v) is 11.5. The number of carbonyl (C=O) groups is 2. The lowest BCUT2D eigenvalue weighted by Gasteiger charge is -2.27. The van der Waals surface area contributed by atoms with Crippen LogP contribution in [0.3, 0.4) is 0 Å². The van der Waals surface area contributed by atoms with E-state index in [1.807, 2.05) is 0 Å². The Labute approximate surface area is 175 Å². The molecule has 2 N–H and O–H groups in total. The van der Waals surface area contributed by atoms with Gasteiger partial charge in [0.15, 0.2) is 11.5 Å². The van der Waals surface area contributed by atoms with Crippen LogP contribution in [0.5, 0.6) is 11.5 Å². The third-order valence-electron chi connectivity index (χ3n) is 4.90. The van der Waals surface area contributed by atoms with Crippen molar-refractivity contribution >= 4 is 21.7 Å². The van der Waals surface area contributed by atoms with Crippen LogP contribution in [0.15, 0.2) is 36.4 Å². The fourth-order valence-corrected chi connectivity index (χ4v) is 4.52. The Kier molecular flexibility index (Phi) is 6.14. The van der Waals surface area contributed by atoms with E-state index >= 15 is 0 Å². The van der Waals surface area contributed by atoms with Crippen molar-refractivity contribution in [3.05, 3.63) is 58.7 Å². The molecule has 30 heavy (non-hydrogen) atoms. The maximum Gasteiger partial charge on any atom is 0.262 e. The highest BCUT2D eigenvalue weighted by Crippen LogP contribution is 2.37. The van der Waals surface area contributed by atoms with Crippen LogP contribution < -0.4 is 15.2 Å². The van der Waals surface area contributed by atoms with Gasteiger partial charge < -0.3 is 15.2 Å². The van der Waals surface area contributed by atoms with Gasteiger partial charge >= 0.3 is 0 Å². The van der Waals surface area contributed by atoms with Gasteiger partial charge in [-0.1, -0.05) is 18.2 Å². The van der Waals surface area contributed by atoms with Gasteiger partial charge in [-0.15, -0.1) is 0 Å². The van der Waals surface area contributed by atoms with Crippen LogP contribution in [0.4, 0.5) is 0 Å². The fraction of sp³-hybridized carbons (Fsp3) is 0.333. The summed E-state index contributed by atoms with van der Waals surface area (Å²) in [5, 5.41) is 0. The highest BCUT2D eigenvalue weighted by Gasteiger charge is 2.43. The van der Waals surface area contributed by atoms with Crippen molar-refractivity contribution in [2.24, 2.45) is 5.73 Å². The molecule has 0 radical (unpaired) electrons. The van der Waals surface area contributed by atoms with Gasteiger partial charge in [0.05, 0.1) is 36.6 Å². The first-order chi connectivity index (χ1) is 14.2. The van der Waals surface area contributed by atoms with Crippen LogP contribution in [0.2, 0.25) is 0 Å². The molecule has 1 atom stereocenters. The van der Waals surface area contributed by atoms with Crippen molar-refractivity contribution < 1.29 is 27.5 Å². The number of ether oxygens (including phenoxy) is 2. The normalized spacial score (nSPS) is 14.6. The SMILES string of the molecule is CCOc1cc(C(CS(C)(=O)=O)N2C(=O)c3cccc(CN)c3C2=O)ccc1OC. The molecular weight excluding hydrogens is 408 g/mol. The van der Waals surface area contributed by atoms with Crippen LogP contribution in [0, 0.1) is 0 Å². The summed E-state index contributed by atoms with van der Waals surface area (Å²) in [5.74, 6) is -0.665. The summed E-state index contributed by atoms with van der Waals surface area (Å²) in [6.45, 7) is 2.26. The summed E-state index contributed by atoms with van der Waals surface area (Å²) >= 11 is 0. The first-order valence-electron chi connectivity index (χ1n) is 9.40. The largest absolute Gasteiger partial charge is 0.493 e. The second-order valence-electron chi connectivity index (χ2n) is 6.98. The standard InChI is InChI=1S/C21H24N2O6S/c1-4-29-18-10-13(8-9-17(18)28-2)16(12-30(3,26)27)23-20(24)15-7-5-6-14(11-22)19(15)21(23)25/h5-10,16H,4,11-12,22H2,1-3H3. The zero-order chi connectivity index (χ0) is 22.1. The quantitative estimate of drug-likeness (QED) is 0.634. The summed E-state index contributed by atoms with van der Waals surface area (Å²) in [7, 11) is -2.05. The van der Waals surface area contributed by atoms with E-state index in [0.717, 1.165) is 11.2 Å². The molecule has 0 aromatic heterocycles. The molecule has 0 bridgehead atoms. The Morgan fingerprint density at radius 3 is 2.43 bits per heavy atom. The number of sulfone groups is 1. The second kappa shape index (κ2) is 8.45. The van der Waals surface area contributed by atoms with Crippen LogP contribution in [-0.2, 0) is 16.4 Å². The average Bonchev–Trinajstić information content (AvgIpc) is 2.96. The topological polar surface area (TPSA) is 116 Å². The van der Waals surface area contributed by atoms with Crippen molar-refractivity contribution in [3.63, 3.8) is 0 Å². The molecule has 0 aliphatic carbocycles. The fourth-order valence-electron chi connectivity index (χ4n) is 3.60. The molecule has 0 spiro atoms. The Bertz CT molecular complexity index is 1100. The third kappa shape index (κ3) is 4.03. The molecule has 0 saturated heterocycles. The summed E-state index contributed by atoms with van der Waals surface area (Å²) in [6.07, 6.45) is 1.07. The smallest absolute Gasteiger partial charge is 0.262 e. The van der Waals surface area contributed by atoms with Crippen LogP contribution in [0.25, 0.3) is 0 Å². The number of hydrogen-bond acceptors (Lipinski definition) is 7. The zero-order valence-electron chi connectivity index (χ0n) is 17.0. The Hall–Kier alpha value is -2.91. The molecule has 0 saturated carbocycles. The van der Waals surface area contributed by atoms with E-state index in [1.165, 1.54) is 7.11 Å². The molecule has 2 aromatic carbocycles. The number of fused-ring (bicyclic) bond motifs is 1. The van der Waals surface area contributed by atoms with Gasteiger partial charge in [0.1, 0.15) is 9.84 Å². The van der Waals surface area contributed by atoms with Crippen LogP contribution in [-0.4, -0.2) is 50.9 Å². The van der Waals surface area contributed by atoms with Gasteiger partial charge in [0, 0.05) is 12.8 Å². The predicted molar refractivity (Wildman–Crippen MR) is 111 cm³/mol. The number of nitrogens with zero attached hydrogens (tertiary/aromatic N) is 1. The molecule has 1 aliphatic rings. The number of hydrogen-bond donors (Lipinski definition) is 1. The van der Waals surface area contributed by atoms with Crippen molar-refractivity contribution in [3.8, 4) is 11.5 Å². The van der Waals surface area contributed by atoms with E-state index in [2.05, 4.69) is 0 Å². The summed E-state index contributed by atoms with van der Waals surface area (Å²) in [5.41, 5.74) is 7.18. The molecular formula is C21H24N2O6S. The minimum absolute atomic E-state index is 0.0871. The van der Waals surface area contributed by atoms with Gasteiger partial charge in [-0.3, -0.25) is 14.5 Å². The van der Waals surface area contributed by atoms with Crippen LogP contribution in [0.1, 0.15) is 44.8 Å². The van der Waals surface area contributed by atoms with Gasteiger partial charge in [0.2, 0.25) is 0 Å². The average molecular weight is 432 g/mol. The highest BCUT2D eigenvalue weighted by atomic mass is 32.2. The zero-order valence-corrected chi connectivity index (χ0v) is 17.9. The Morgan fingerprint density at radius 2 is 1.83 bits per heavy atom. The number of carbonyl (C=O) groups excluding carboxylic acids is 2. The Morgan fingerprint density at radius 1 is 1.10 bits per heavy atom. The van der Waals surface area contributed by atoms with Gasteiger partial charge in [-0.2, -0.15) is 0 Å². The first kappa shape index (κ1) is 21.8. The molecule has 2 amide bonds. The van der Waals surface area contributed by atoms with Crippen LogP contribution >= 0.6 is 0 Å². The van der Waals surface area contributed by atoms with Gasteiger partial charge in [0.25, 0.3) is 11.8 Å². The van der Waals surface area contributed by atoms with E-state index in [9.17, 15) is 18.0 Å². The van der Waals surface area contributed by atoms with E-state index in [1.54, 1.807) is 43.3 Å². The molecule has 2 aromatic rings. The number of benzene rings is 2. The highest BCUT2D eigenvalue weighted by molar-refractivity contribution is 7.90. The van der Waals surface area contributed by atoms with Gasteiger partial charge in [-0.05, 0) is 36.2 Å². The van der Waals surface area contributed by atoms with Crippen molar-refractivity contribution in [1.82, 2.24) is 4.90 Å². The Balaban J connectivity index is 2.13. The van der Waals surface area contributed by atoms with E-state index in [0.29, 0.717) is 29.2 Å². The molecule has 1 unspecified atom stereocenters. The maximum absolute atomic E-state index is 13.2. The predicted octanol–water partition coefficient (Wildman–Crippen LogP) is 1.93. The summed E-state index contributed by atoms with van der Waals surface area (Å²) in [4.78, 5) is 27.3. The number of methoxy groups -OCH3 is 1. The monoisotopic (exact) mass is 432 g/mol. The molecule has 1 aliphatic heterocycles. The number of imide groups is 1. The van der Waals surface area contributed by atoms with Crippen molar-refractivity contribution in [2.75, 3.05) is 25.7 Å². The van der Waals surface area contributed by atoms with E-state index in [-0.39, 0.29) is 17.7 Å².